The van der Waals surface area contributed by atoms with Crippen LogP contribution in [0.25, 0.3) is 0 Å². The monoisotopic (exact) mass is 202 g/mol. The van der Waals surface area contributed by atoms with Crippen molar-refractivity contribution in [2.75, 3.05) is 32.8 Å². The summed E-state index contributed by atoms with van der Waals surface area (Å²) in [7, 11) is 0. The zero-order valence-corrected chi connectivity index (χ0v) is 8.48. The number of morpholine rings is 1. The average molecular weight is 202 g/mol. The fourth-order valence-corrected chi connectivity index (χ4v) is 1.53. The summed E-state index contributed by atoms with van der Waals surface area (Å²) in [6.45, 7) is 4.57. The van der Waals surface area contributed by atoms with Gasteiger partial charge in [0.25, 0.3) is 0 Å². The largest absolute Gasteiger partial charge is 0.394 e. The van der Waals surface area contributed by atoms with Crippen LogP contribution in [0.1, 0.15) is 6.92 Å². The number of hydrogen-bond acceptors (Lipinski definition) is 4. The van der Waals surface area contributed by atoms with E-state index in [2.05, 4.69) is 4.90 Å². The fraction of sp³-hybridized carbons (Fsp3) is 0.889. The number of amides is 1. The van der Waals surface area contributed by atoms with Gasteiger partial charge in [-0.25, -0.2) is 0 Å². The lowest BCUT2D eigenvalue weighted by molar-refractivity contribution is -0.122. The smallest absolute Gasteiger partial charge is 0.221 e. The predicted molar refractivity (Wildman–Crippen MR) is 51.6 cm³/mol. The Balaban J connectivity index is 2.33. The summed E-state index contributed by atoms with van der Waals surface area (Å²) in [4.78, 5) is 12.9. The van der Waals surface area contributed by atoms with Gasteiger partial charge in [-0.2, -0.15) is 0 Å². The molecule has 0 radical (unpaired) electrons. The van der Waals surface area contributed by atoms with Crippen molar-refractivity contribution >= 4 is 5.91 Å². The normalized spacial score (nSPS) is 26.0. The number of aliphatic hydroxyl groups is 1. The number of carbonyl (C=O) groups is 1. The number of aliphatic hydroxyl groups excluding tert-OH is 1. The Kier molecular flexibility index (Phi) is 4.31. The molecule has 0 saturated carbocycles. The highest BCUT2D eigenvalue weighted by atomic mass is 16.5. The van der Waals surface area contributed by atoms with Gasteiger partial charge in [-0.05, 0) is 0 Å². The molecular formula is C9H18N2O3. The van der Waals surface area contributed by atoms with Crippen LogP contribution in [0.15, 0.2) is 0 Å². The van der Waals surface area contributed by atoms with E-state index in [1.54, 1.807) is 0 Å². The van der Waals surface area contributed by atoms with Crippen molar-refractivity contribution < 1.29 is 14.6 Å². The predicted octanol–water partition coefficient (Wildman–Crippen LogP) is -1.20. The first-order valence-corrected chi connectivity index (χ1v) is 4.87. The van der Waals surface area contributed by atoms with Crippen LogP contribution in [0.4, 0.5) is 0 Å². The SMILES string of the molecule is CC(CN1CCOC(CO)C1)C(N)=O. The molecule has 2 atom stereocenters. The minimum Gasteiger partial charge on any atom is -0.394 e. The fourth-order valence-electron chi connectivity index (χ4n) is 1.53. The summed E-state index contributed by atoms with van der Waals surface area (Å²) in [5, 5.41) is 8.91. The van der Waals surface area contributed by atoms with Crippen molar-refractivity contribution in [1.82, 2.24) is 4.90 Å². The van der Waals surface area contributed by atoms with Gasteiger partial charge in [0.05, 0.1) is 19.3 Å². The lowest BCUT2D eigenvalue weighted by atomic mass is 10.1. The van der Waals surface area contributed by atoms with Crippen LogP contribution in [-0.4, -0.2) is 54.9 Å². The maximum Gasteiger partial charge on any atom is 0.221 e. The lowest BCUT2D eigenvalue weighted by Gasteiger charge is -2.32. The molecule has 0 aromatic carbocycles. The van der Waals surface area contributed by atoms with E-state index in [1.807, 2.05) is 6.92 Å². The minimum absolute atomic E-state index is 0.0292. The van der Waals surface area contributed by atoms with Gasteiger partial charge in [0.15, 0.2) is 0 Å². The van der Waals surface area contributed by atoms with Gasteiger partial charge in [0.2, 0.25) is 5.91 Å². The maximum absolute atomic E-state index is 10.8. The van der Waals surface area contributed by atoms with Crippen LogP contribution in [0, 0.1) is 5.92 Å². The molecule has 1 saturated heterocycles. The van der Waals surface area contributed by atoms with E-state index in [4.69, 9.17) is 15.6 Å². The molecule has 82 valence electrons. The summed E-state index contributed by atoms with van der Waals surface area (Å²) in [6.07, 6.45) is -0.121. The molecule has 1 aliphatic heterocycles. The highest BCUT2D eigenvalue weighted by Crippen LogP contribution is 2.07. The third-order valence-electron chi connectivity index (χ3n) is 2.44. The van der Waals surface area contributed by atoms with Crippen LogP contribution in [0.5, 0.6) is 0 Å². The van der Waals surface area contributed by atoms with Gasteiger partial charge < -0.3 is 15.6 Å². The van der Waals surface area contributed by atoms with Gasteiger partial charge >= 0.3 is 0 Å². The van der Waals surface area contributed by atoms with E-state index in [0.29, 0.717) is 19.7 Å². The van der Waals surface area contributed by atoms with Crippen molar-refractivity contribution in [3.63, 3.8) is 0 Å². The highest BCUT2D eigenvalue weighted by Gasteiger charge is 2.22. The number of nitrogens with two attached hydrogens (primary N) is 1. The minimum atomic E-state index is -0.281. The van der Waals surface area contributed by atoms with Gasteiger partial charge in [0, 0.05) is 25.6 Å². The number of nitrogens with zero attached hydrogens (tertiary/aromatic N) is 1. The van der Waals surface area contributed by atoms with E-state index in [-0.39, 0.29) is 24.5 Å². The van der Waals surface area contributed by atoms with Gasteiger partial charge in [-0.1, -0.05) is 6.92 Å². The first kappa shape index (κ1) is 11.4. The number of ether oxygens (including phenoxy) is 1. The average Bonchev–Trinajstić information content (AvgIpc) is 2.18. The van der Waals surface area contributed by atoms with Gasteiger partial charge in [0.1, 0.15) is 0 Å². The molecule has 0 aromatic heterocycles. The number of carbonyl (C=O) groups excluding carboxylic acids is 1. The second-order valence-corrected chi connectivity index (χ2v) is 3.74. The number of rotatable bonds is 4. The second-order valence-electron chi connectivity index (χ2n) is 3.74. The van der Waals surface area contributed by atoms with E-state index in [0.717, 1.165) is 6.54 Å². The van der Waals surface area contributed by atoms with Crippen molar-refractivity contribution in [3.8, 4) is 0 Å². The van der Waals surface area contributed by atoms with E-state index < -0.39 is 0 Å². The van der Waals surface area contributed by atoms with E-state index >= 15 is 0 Å². The first-order valence-electron chi connectivity index (χ1n) is 4.87. The Hall–Kier alpha value is -0.650. The van der Waals surface area contributed by atoms with Crippen molar-refractivity contribution in [2.45, 2.75) is 13.0 Å². The van der Waals surface area contributed by atoms with Crippen LogP contribution in [0.3, 0.4) is 0 Å². The van der Waals surface area contributed by atoms with Crippen LogP contribution >= 0.6 is 0 Å². The van der Waals surface area contributed by atoms with Gasteiger partial charge in [-0.15, -0.1) is 0 Å². The number of primary amides is 1. The molecule has 0 bridgehead atoms. The quantitative estimate of drug-likeness (QED) is 0.600. The summed E-state index contributed by atoms with van der Waals surface area (Å²) in [6, 6.07) is 0. The van der Waals surface area contributed by atoms with Crippen molar-refractivity contribution in [2.24, 2.45) is 11.7 Å². The standard InChI is InChI=1S/C9H18N2O3/c1-7(9(10)13)4-11-2-3-14-8(5-11)6-12/h7-8,12H,2-6H2,1H3,(H2,10,13). The zero-order valence-electron chi connectivity index (χ0n) is 8.48. The maximum atomic E-state index is 10.8. The molecule has 0 aromatic rings. The molecule has 1 fully saturated rings. The van der Waals surface area contributed by atoms with Crippen LogP contribution < -0.4 is 5.73 Å². The van der Waals surface area contributed by atoms with E-state index in [9.17, 15) is 4.79 Å². The molecule has 0 spiro atoms. The molecule has 1 rings (SSSR count). The van der Waals surface area contributed by atoms with Crippen molar-refractivity contribution in [1.29, 1.82) is 0 Å². The molecule has 14 heavy (non-hydrogen) atoms. The molecule has 0 aliphatic carbocycles. The Labute approximate surface area is 83.8 Å². The molecule has 1 amide bonds. The third kappa shape index (κ3) is 3.25. The molecule has 5 heteroatoms. The number of hydrogen-bond donors (Lipinski definition) is 2. The summed E-state index contributed by atoms with van der Waals surface area (Å²) in [5.74, 6) is -0.426. The zero-order chi connectivity index (χ0) is 10.6. The molecule has 3 N–H and O–H groups in total. The highest BCUT2D eigenvalue weighted by molar-refractivity contribution is 5.76. The molecular weight excluding hydrogens is 184 g/mol. The lowest BCUT2D eigenvalue weighted by Crippen LogP contribution is -2.46. The Bertz CT molecular complexity index is 198. The summed E-state index contributed by atoms with van der Waals surface area (Å²) >= 11 is 0. The Morgan fingerprint density at radius 1 is 1.79 bits per heavy atom. The summed E-state index contributed by atoms with van der Waals surface area (Å²) < 4.78 is 5.29. The second kappa shape index (κ2) is 5.29. The van der Waals surface area contributed by atoms with E-state index in [1.165, 1.54) is 0 Å². The Morgan fingerprint density at radius 3 is 3.07 bits per heavy atom. The Morgan fingerprint density at radius 2 is 2.50 bits per heavy atom. The summed E-state index contributed by atoms with van der Waals surface area (Å²) in [5.41, 5.74) is 5.17. The first-order chi connectivity index (χ1) is 6.63. The molecule has 1 heterocycles. The molecule has 1 aliphatic rings. The third-order valence-corrected chi connectivity index (χ3v) is 2.44. The van der Waals surface area contributed by atoms with Gasteiger partial charge in [-0.3, -0.25) is 9.69 Å². The molecule has 5 nitrogen and oxygen atoms in total. The molecule has 2 unspecified atom stereocenters. The topological polar surface area (TPSA) is 75.8 Å². The van der Waals surface area contributed by atoms with Crippen LogP contribution in [-0.2, 0) is 9.53 Å². The van der Waals surface area contributed by atoms with Crippen LogP contribution in [0.2, 0.25) is 0 Å². The van der Waals surface area contributed by atoms with Crippen molar-refractivity contribution in [3.05, 3.63) is 0 Å².